The van der Waals surface area contributed by atoms with E-state index in [1.165, 1.54) is 12.1 Å². The molecule has 0 spiro atoms. The molecular formula is C22H16F2N2O4. The van der Waals surface area contributed by atoms with Crippen molar-refractivity contribution in [3.63, 3.8) is 0 Å². The number of hydrogen-bond donors (Lipinski definition) is 1. The predicted molar refractivity (Wildman–Crippen MR) is 105 cm³/mol. The zero-order valence-corrected chi connectivity index (χ0v) is 15.8. The van der Waals surface area contributed by atoms with Gasteiger partial charge in [-0.25, -0.2) is 18.6 Å². The third-order valence-corrected chi connectivity index (χ3v) is 4.47. The standard InChI is InChI=1S/C22H16F2N2O4/c1-26-20-11-17(30-18-9-14(23)8-15(24)10-18)5-6-19(20)25-21(26)12-29-16-4-2-3-13(7-16)22(27)28/h2-11H,12H2,1H3,(H,27,28). The van der Waals surface area contributed by atoms with Gasteiger partial charge in [0.15, 0.2) is 0 Å². The summed E-state index contributed by atoms with van der Waals surface area (Å²) in [6, 6.07) is 14.3. The molecule has 6 nitrogen and oxygen atoms in total. The van der Waals surface area contributed by atoms with Crippen LogP contribution < -0.4 is 9.47 Å². The largest absolute Gasteiger partial charge is 0.486 e. The van der Waals surface area contributed by atoms with Crippen LogP contribution in [0.1, 0.15) is 16.2 Å². The number of benzene rings is 3. The highest BCUT2D eigenvalue weighted by Gasteiger charge is 2.11. The average Bonchev–Trinajstić information content (AvgIpc) is 3.01. The fraction of sp³-hybridized carbons (Fsp3) is 0.0909. The Morgan fingerprint density at radius 2 is 1.77 bits per heavy atom. The van der Waals surface area contributed by atoms with Crippen LogP contribution in [0, 0.1) is 11.6 Å². The SMILES string of the molecule is Cn1c(COc2cccc(C(=O)O)c2)nc2ccc(Oc3cc(F)cc(F)c3)cc21. The maximum absolute atomic E-state index is 13.4. The van der Waals surface area contributed by atoms with Gasteiger partial charge in [0.1, 0.15) is 41.3 Å². The maximum Gasteiger partial charge on any atom is 0.335 e. The summed E-state index contributed by atoms with van der Waals surface area (Å²) in [6.45, 7) is 0.125. The van der Waals surface area contributed by atoms with E-state index in [1.54, 1.807) is 41.9 Å². The van der Waals surface area contributed by atoms with Gasteiger partial charge in [0, 0.05) is 31.3 Å². The number of ether oxygens (including phenoxy) is 2. The Labute approximate surface area is 169 Å². The normalized spacial score (nSPS) is 10.9. The highest BCUT2D eigenvalue weighted by molar-refractivity contribution is 5.88. The number of halogens is 2. The maximum atomic E-state index is 13.4. The number of rotatable bonds is 6. The molecular weight excluding hydrogens is 394 g/mol. The summed E-state index contributed by atoms with van der Waals surface area (Å²) < 4.78 is 39.8. The lowest BCUT2D eigenvalue weighted by molar-refractivity contribution is 0.0696. The van der Waals surface area contributed by atoms with Crippen LogP contribution in [-0.4, -0.2) is 20.6 Å². The van der Waals surface area contributed by atoms with Crippen molar-refractivity contribution in [2.24, 2.45) is 7.05 Å². The Hall–Kier alpha value is -3.94. The summed E-state index contributed by atoms with van der Waals surface area (Å²) in [7, 11) is 1.80. The first-order chi connectivity index (χ1) is 14.4. The van der Waals surface area contributed by atoms with Crippen LogP contribution in [0.3, 0.4) is 0 Å². The molecule has 0 aliphatic heterocycles. The first-order valence-electron chi connectivity index (χ1n) is 8.94. The van der Waals surface area contributed by atoms with Crippen molar-refractivity contribution in [2.45, 2.75) is 6.61 Å². The molecule has 4 aromatic rings. The van der Waals surface area contributed by atoms with Gasteiger partial charge in [-0.2, -0.15) is 0 Å². The lowest BCUT2D eigenvalue weighted by Gasteiger charge is -2.08. The van der Waals surface area contributed by atoms with Crippen LogP contribution in [0.15, 0.2) is 60.7 Å². The lowest BCUT2D eigenvalue weighted by atomic mass is 10.2. The minimum Gasteiger partial charge on any atom is -0.486 e. The van der Waals surface area contributed by atoms with Crippen LogP contribution in [0.4, 0.5) is 8.78 Å². The van der Waals surface area contributed by atoms with Crippen molar-refractivity contribution in [3.05, 3.63) is 83.7 Å². The van der Waals surface area contributed by atoms with Crippen LogP contribution in [0.25, 0.3) is 11.0 Å². The van der Waals surface area contributed by atoms with Gasteiger partial charge in [-0.05, 0) is 30.3 Å². The van der Waals surface area contributed by atoms with E-state index in [4.69, 9.17) is 14.6 Å². The minimum absolute atomic E-state index is 0.0517. The summed E-state index contributed by atoms with van der Waals surface area (Å²) in [4.78, 5) is 15.6. The van der Waals surface area contributed by atoms with Gasteiger partial charge in [0.25, 0.3) is 0 Å². The van der Waals surface area contributed by atoms with Crippen LogP contribution in [-0.2, 0) is 13.7 Å². The van der Waals surface area contributed by atoms with Crippen molar-refractivity contribution in [1.29, 1.82) is 0 Å². The summed E-state index contributed by atoms with van der Waals surface area (Å²) in [5.41, 5.74) is 1.56. The number of imidazole rings is 1. The number of carboxylic acids is 1. The number of nitrogens with zero attached hydrogens (tertiary/aromatic N) is 2. The van der Waals surface area contributed by atoms with E-state index in [9.17, 15) is 13.6 Å². The molecule has 1 N–H and O–H groups in total. The first-order valence-corrected chi connectivity index (χ1v) is 8.94. The van der Waals surface area contributed by atoms with Crippen LogP contribution in [0.5, 0.6) is 17.2 Å². The van der Waals surface area contributed by atoms with E-state index < -0.39 is 17.6 Å². The van der Waals surface area contributed by atoms with Crippen molar-refractivity contribution < 1.29 is 28.2 Å². The Bertz CT molecular complexity index is 1230. The van der Waals surface area contributed by atoms with Crippen molar-refractivity contribution in [3.8, 4) is 17.2 Å². The molecule has 0 bridgehead atoms. The Morgan fingerprint density at radius 1 is 1.00 bits per heavy atom. The fourth-order valence-electron chi connectivity index (χ4n) is 3.00. The molecule has 8 heteroatoms. The van der Waals surface area contributed by atoms with E-state index in [0.29, 0.717) is 22.8 Å². The summed E-state index contributed by atoms with van der Waals surface area (Å²) >= 11 is 0. The number of fused-ring (bicyclic) bond motifs is 1. The van der Waals surface area contributed by atoms with Gasteiger partial charge in [-0.15, -0.1) is 0 Å². The molecule has 0 saturated carbocycles. The van der Waals surface area contributed by atoms with Gasteiger partial charge < -0.3 is 19.1 Å². The summed E-state index contributed by atoms with van der Waals surface area (Å²) in [5.74, 6) is -1.00. The van der Waals surface area contributed by atoms with Gasteiger partial charge in [-0.1, -0.05) is 6.07 Å². The minimum atomic E-state index is -1.03. The third-order valence-electron chi connectivity index (χ3n) is 4.47. The zero-order valence-electron chi connectivity index (χ0n) is 15.8. The topological polar surface area (TPSA) is 73.6 Å². The molecule has 0 unspecified atom stereocenters. The summed E-state index contributed by atoms with van der Waals surface area (Å²) in [5, 5.41) is 9.07. The highest BCUT2D eigenvalue weighted by atomic mass is 19.1. The quantitative estimate of drug-likeness (QED) is 0.488. The molecule has 0 radical (unpaired) electrons. The molecule has 0 aliphatic rings. The Balaban J connectivity index is 1.55. The third kappa shape index (κ3) is 4.07. The first kappa shape index (κ1) is 19.4. The van der Waals surface area contributed by atoms with E-state index in [1.807, 2.05) is 0 Å². The molecule has 0 saturated heterocycles. The second-order valence-corrected chi connectivity index (χ2v) is 6.57. The van der Waals surface area contributed by atoms with Gasteiger partial charge in [0.2, 0.25) is 0 Å². The van der Waals surface area contributed by atoms with Crippen molar-refractivity contribution in [2.75, 3.05) is 0 Å². The van der Waals surface area contributed by atoms with Crippen molar-refractivity contribution >= 4 is 17.0 Å². The van der Waals surface area contributed by atoms with E-state index >= 15 is 0 Å². The predicted octanol–water partition coefficient (Wildman–Crippen LogP) is 4.92. The molecule has 30 heavy (non-hydrogen) atoms. The smallest absolute Gasteiger partial charge is 0.335 e. The van der Waals surface area contributed by atoms with Gasteiger partial charge in [0.05, 0.1) is 16.6 Å². The second kappa shape index (κ2) is 7.82. The molecule has 152 valence electrons. The van der Waals surface area contributed by atoms with Crippen molar-refractivity contribution in [1.82, 2.24) is 9.55 Å². The summed E-state index contributed by atoms with van der Waals surface area (Å²) in [6.07, 6.45) is 0. The van der Waals surface area contributed by atoms with E-state index in [2.05, 4.69) is 4.98 Å². The molecule has 0 fully saturated rings. The number of carbonyl (C=O) groups is 1. The van der Waals surface area contributed by atoms with Gasteiger partial charge in [-0.3, -0.25) is 0 Å². The molecule has 4 rings (SSSR count). The van der Waals surface area contributed by atoms with Crippen LogP contribution in [0.2, 0.25) is 0 Å². The van der Waals surface area contributed by atoms with E-state index in [-0.39, 0.29) is 17.9 Å². The lowest BCUT2D eigenvalue weighted by Crippen LogP contribution is -2.04. The Kier molecular flexibility index (Phi) is 5.05. The molecule has 1 aromatic heterocycles. The Morgan fingerprint density at radius 3 is 2.50 bits per heavy atom. The zero-order chi connectivity index (χ0) is 21.3. The molecule has 0 aliphatic carbocycles. The molecule has 3 aromatic carbocycles. The monoisotopic (exact) mass is 410 g/mol. The van der Waals surface area contributed by atoms with Gasteiger partial charge >= 0.3 is 5.97 Å². The average molecular weight is 410 g/mol. The number of carboxylic acid groups (broad SMARTS) is 1. The number of aromatic carboxylic acids is 1. The molecule has 0 atom stereocenters. The highest BCUT2D eigenvalue weighted by Crippen LogP contribution is 2.27. The molecule has 1 heterocycles. The number of aryl methyl sites for hydroxylation is 1. The van der Waals surface area contributed by atoms with E-state index in [0.717, 1.165) is 23.7 Å². The molecule has 0 amide bonds. The number of aromatic nitrogens is 2. The fourth-order valence-corrected chi connectivity index (χ4v) is 3.00. The van der Waals surface area contributed by atoms with Crippen LogP contribution >= 0.6 is 0 Å². The second-order valence-electron chi connectivity index (χ2n) is 6.57. The number of hydrogen-bond acceptors (Lipinski definition) is 4.